The molecule has 3 heterocycles. The molecule has 3 aromatic heterocycles. The van der Waals surface area contributed by atoms with Gasteiger partial charge in [0.2, 0.25) is 5.88 Å². The van der Waals surface area contributed by atoms with E-state index in [-0.39, 0.29) is 22.4 Å². The predicted molar refractivity (Wildman–Crippen MR) is 95.8 cm³/mol. The van der Waals surface area contributed by atoms with Gasteiger partial charge in [0.15, 0.2) is 18.0 Å². The Kier molecular flexibility index (Phi) is 5.66. The minimum atomic E-state index is -4.47. The molecule has 1 atom stereocenters. The highest BCUT2D eigenvalue weighted by atomic mass is 32.2. The van der Waals surface area contributed by atoms with Crippen LogP contribution in [0.1, 0.15) is 16.8 Å². The summed E-state index contributed by atoms with van der Waals surface area (Å²) in [6.45, 7) is 1.93. The molecular formula is C17H17F3N4O3S. The van der Waals surface area contributed by atoms with Crippen molar-refractivity contribution in [2.24, 2.45) is 0 Å². The van der Waals surface area contributed by atoms with Gasteiger partial charge in [0.05, 0.1) is 12.8 Å². The van der Waals surface area contributed by atoms with Crippen molar-refractivity contribution in [2.45, 2.75) is 30.9 Å². The van der Waals surface area contributed by atoms with Crippen molar-refractivity contribution >= 4 is 22.3 Å². The molecule has 0 aliphatic carbocycles. The van der Waals surface area contributed by atoms with Crippen LogP contribution in [0.3, 0.4) is 0 Å². The molecule has 0 saturated heterocycles. The third-order valence-electron chi connectivity index (χ3n) is 3.93. The van der Waals surface area contributed by atoms with E-state index < -0.39 is 24.0 Å². The van der Waals surface area contributed by atoms with E-state index in [0.717, 1.165) is 5.56 Å². The SMILES string of the molecule is COc1ccnc(C[S+]([O-])c2nc3cc(C)c(OCC(F)(F)F)nc3[nH]2)c1C. The fraction of sp³-hybridized carbons (Fsp3) is 0.353. The van der Waals surface area contributed by atoms with Crippen molar-refractivity contribution in [1.29, 1.82) is 0 Å². The van der Waals surface area contributed by atoms with E-state index in [4.69, 9.17) is 9.47 Å². The Hall–Kier alpha value is -2.53. The van der Waals surface area contributed by atoms with Crippen LogP contribution in [-0.2, 0) is 16.9 Å². The first-order valence-electron chi connectivity index (χ1n) is 8.11. The number of pyridine rings is 2. The number of hydrogen-bond donors (Lipinski definition) is 1. The standard InChI is InChI=1S/C17H17F3N4O3S/c1-9-6-11-14(23-15(9)27-8-17(18,19)20)24-16(22-11)28(25)7-12-10(2)13(26-3)4-5-21-12/h4-6H,7-8H2,1-3H3,(H,22,23,24). The average Bonchev–Trinajstić information content (AvgIpc) is 3.03. The highest BCUT2D eigenvalue weighted by Gasteiger charge is 2.29. The summed E-state index contributed by atoms with van der Waals surface area (Å²) >= 11 is -1.56. The lowest BCUT2D eigenvalue weighted by Gasteiger charge is -2.10. The number of hydrogen-bond acceptors (Lipinski definition) is 6. The molecule has 7 nitrogen and oxygen atoms in total. The summed E-state index contributed by atoms with van der Waals surface area (Å²) in [4.78, 5) is 15.3. The Bertz CT molecular complexity index is 994. The number of aromatic nitrogens is 4. The van der Waals surface area contributed by atoms with Gasteiger partial charge in [-0.3, -0.25) is 9.97 Å². The molecule has 150 valence electrons. The van der Waals surface area contributed by atoms with Crippen LogP contribution in [0.2, 0.25) is 0 Å². The highest BCUT2D eigenvalue weighted by molar-refractivity contribution is 7.90. The van der Waals surface area contributed by atoms with E-state index in [2.05, 4.69) is 19.9 Å². The summed E-state index contributed by atoms with van der Waals surface area (Å²) in [6.07, 6.45) is -2.91. The largest absolute Gasteiger partial charge is 0.609 e. The molecular weight excluding hydrogens is 397 g/mol. The number of ether oxygens (including phenoxy) is 2. The Balaban J connectivity index is 1.83. The molecule has 1 N–H and O–H groups in total. The van der Waals surface area contributed by atoms with Crippen LogP contribution in [0, 0.1) is 13.8 Å². The van der Waals surface area contributed by atoms with Crippen molar-refractivity contribution in [2.75, 3.05) is 13.7 Å². The number of nitrogens with zero attached hydrogens (tertiary/aromatic N) is 3. The Morgan fingerprint density at radius 2 is 2.00 bits per heavy atom. The van der Waals surface area contributed by atoms with Crippen LogP contribution in [0.25, 0.3) is 11.2 Å². The summed E-state index contributed by atoms with van der Waals surface area (Å²) < 4.78 is 59.7. The van der Waals surface area contributed by atoms with E-state index in [0.29, 0.717) is 22.5 Å². The molecule has 0 aliphatic rings. The number of aryl methyl sites for hydroxylation is 1. The van der Waals surface area contributed by atoms with Gasteiger partial charge in [-0.05, 0) is 26.0 Å². The van der Waals surface area contributed by atoms with E-state index in [1.807, 2.05) is 6.92 Å². The number of aromatic amines is 1. The molecule has 0 saturated carbocycles. The first kappa shape index (κ1) is 20.2. The van der Waals surface area contributed by atoms with Gasteiger partial charge in [0, 0.05) is 28.5 Å². The van der Waals surface area contributed by atoms with Crippen molar-refractivity contribution in [1.82, 2.24) is 19.9 Å². The molecule has 3 rings (SSSR count). The second-order valence-electron chi connectivity index (χ2n) is 6.00. The Morgan fingerprint density at radius 1 is 1.25 bits per heavy atom. The van der Waals surface area contributed by atoms with Gasteiger partial charge in [-0.25, -0.2) is 0 Å². The number of H-pyrrole nitrogens is 1. The average molecular weight is 414 g/mol. The quantitative estimate of drug-likeness (QED) is 0.622. The number of fused-ring (bicyclic) bond motifs is 1. The van der Waals surface area contributed by atoms with Crippen molar-refractivity contribution in [3.63, 3.8) is 0 Å². The monoisotopic (exact) mass is 414 g/mol. The maximum atomic E-state index is 12.7. The van der Waals surface area contributed by atoms with Gasteiger partial charge < -0.3 is 14.0 Å². The van der Waals surface area contributed by atoms with E-state index in [1.165, 1.54) is 13.2 Å². The van der Waals surface area contributed by atoms with Crippen LogP contribution in [0.5, 0.6) is 11.6 Å². The number of nitrogens with one attached hydrogen (secondary N) is 1. The molecule has 0 amide bonds. The molecule has 28 heavy (non-hydrogen) atoms. The van der Waals surface area contributed by atoms with Gasteiger partial charge >= 0.3 is 11.3 Å². The maximum Gasteiger partial charge on any atom is 0.422 e. The zero-order valence-electron chi connectivity index (χ0n) is 15.3. The maximum absolute atomic E-state index is 12.7. The molecule has 1 unspecified atom stereocenters. The van der Waals surface area contributed by atoms with Gasteiger partial charge in [0.1, 0.15) is 11.3 Å². The minimum Gasteiger partial charge on any atom is -0.609 e. The molecule has 0 aromatic carbocycles. The second-order valence-corrected chi connectivity index (χ2v) is 7.37. The normalized spacial score (nSPS) is 13.0. The van der Waals surface area contributed by atoms with E-state index in [1.54, 1.807) is 19.2 Å². The molecule has 0 bridgehead atoms. The predicted octanol–water partition coefficient (Wildman–Crippen LogP) is 3.23. The zero-order valence-corrected chi connectivity index (χ0v) is 16.1. The fourth-order valence-electron chi connectivity index (χ4n) is 2.52. The molecule has 0 spiro atoms. The molecule has 3 aromatic rings. The fourth-order valence-corrected chi connectivity index (χ4v) is 3.61. The van der Waals surface area contributed by atoms with Crippen LogP contribution < -0.4 is 9.47 Å². The Labute approximate surface area is 161 Å². The Morgan fingerprint density at radius 3 is 2.68 bits per heavy atom. The van der Waals surface area contributed by atoms with Crippen molar-refractivity contribution in [3.8, 4) is 11.6 Å². The molecule has 0 radical (unpaired) electrons. The first-order valence-corrected chi connectivity index (χ1v) is 9.43. The summed E-state index contributed by atoms with van der Waals surface area (Å²) in [5.41, 5.74) is 2.34. The van der Waals surface area contributed by atoms with Gasteiger partial charge in [-0.15, -0.1) is 0 Å². The topological polar surface area (TPSA) is 96.0 Å². The minimum absolute atomic E-state index is 0.0965. The van der Waals surface area contributed by atoms with Crippen molar-refractivity contribution < 1.29 is 27.2 Å². The number of rotatable bonds is 6. The summed E-state index contributed by atoms with van der Waals surface area (Å²) in [6, 6.07) is 3.23. The van der Waals surface area contributed by atoms with Crippen LogP contribution in [0.4, 0.5) is 13.2 Å². The van der Waals surface area contributed by atoms with E-state index in [9.17, 15) is 17.7 Å². The lowest BCUT2D eigenvalue weighted by molar-refractivity contribution is -0.154. The van der Waals surface area contributed by atoms with E-state index >= 15 is 0 Å². The van der Waals surface area contributed by atoms with Crippen LogP contribution in [0.15, 0.2) is 23.5 Å². The van der Waals surface area contributed by atoms with Gasteiger partial charge in [-0.2, -0.15) is 23.1 Å². The van der Waals surface area contributed by atoms with Gasteiger partial charge in [0.25, 0.3) is 0 Å². The summed E-state index contributed by atoms with van der Waals surface area (Å²) in [7, 11) is 1.54. The number of methoxy groups -OCH3 is 1. The zero-order chi connectivity index (χ0) is 20.5. The smallest absolute Gasteiger partial charge is 0.422 e. The number of alkyl halides is 3. The number of imidazole rings is 1. The first-order chi connectivity index (χ1) is 13.2. The second kappa shape index (κ2) is 7.84. The highest BCUT2D eigenvalue weighted by Crippen LogP contribution is 2.26. The molecule has 0 aliphatic heterocycles. The lowest BCUT2D eigenvalue weighted by Crippen LogP contribution is -2.20. The summed E-state index contributed by atoms with van der Waals surface area (Å²) in [5.74, 6) is 0.575. The van der Waals surface area contributed by atoms with Crippen LogP contribution >= 0.6 is 0 Å². The molecule has 0 fully saturated rings. The van der Waals surface area contributed by atoms with Crippen molar-refractivity contribution in [3.05, 3.63) is 35.2 Å². The molecule has 11 heteroatoms. The number of halogens is 3. The summed E-state index contributed by atoms with van der Waals surface area (Å²) in [5, 5.41) is 0.152. The van der Waals surface area contributed by atoms with Crippen LogP contribution in [-0.4, -0.2) is 44.4 Å². The van der Waals surface area contributed by atoms with Gasteiger partial charge in [-0.1, -0.05) is 0 Å². The lowest BCUT2D eigenvalue weighted by atomic mass is 10.2. The third-order valence-corrected chi connectivity index (χ3v) is 5.09. The third kappa shape index (κ3) is 4.47.